The summed E-state index contributed by atoms with van der Waals surface area (Å²) in [6, 6.07) is 9.77. The van der Waals surface area contributed by atoms with E-state index in [1.165, 1.54) is 36.4 Å². The molecule has 9 heteroatoms. The third-order valence-corrected chi connectivity index (χ3v) is 4.87. The van der Waals surface area contributed by atoms with Crippen molar-refractivity contribution in [2.24, 2.45) is 0 Å². The van der Waals surface area contributed by atoms with E-state index in [2.05, 4.69) is 4.72 Å². The number of halogens is 1. The summed E-state index contributed by atoms with van der Waals surface area (Å²) in [5, 5.41) is 11.2. The summed E-state index contributed by atoms with van der Waals surface area (Å²) in [6.45, 7) is 2.31. The maximum Gasteiger partial charge on any atom is 0.297 e. The van der Waals surface area contributed by atoms with E-state index in [-0.39, 0.29) is 15.6 Å². The van der Waals surface area contributed by atoms with E-state index in [4.69, 9.17) is 16.3 Å². The van der Waals surface area contributed by atoms with Crippen LogP contribution in [0.3, 0.4) is 0 Å². The molecule has 0 heterocycles. The number of rotatable bonds is 7. The van der Waals surface area contributed by atoms with Crippen LogP contribution in [0.2, 0.25) is 5.02 Å². The highest BCUT2D eigenvalue weighted by Crippen LogP contribution is 2.32. The molecule has 0 aliphatic rings. The zero-order valence-corrected chi connectivity index (χ0v) is 14.3. The predicted molar refractivity (Wildman–Crippen MR) is 91.1 cm³/mol. The number of hydrogen-bond donors (Lipinski definition) is 1. The zero-order chi connectivity index (χ0) is 17.7. The van der Waals surface area contributed by atoms with E-state index in [1.54, 1.807) is 6.07 Å². The van der Waals surface area contributed by atoms with Gasteiger partial charge in [0.25, 0.3) is 15.7 Å². The lowest BCUT2D eigenvalue weighted by atomic mass is 10.2. The third-order valence-electron chi connectivity index (χ3n) is 3.01. The Labute approximate surface area is 144 Å². The van der Waals surface area contributed by atoms with Crippen LogP contribution in [0.25, 0.3) is 0 Å². The summed E-state index contributed by atoms with van der Waals surface area (Å²) >= 11 is 5.89. The Morgan fingerprint density at radius 1 is 1.25 bits per heavy atom. The lowest BCUT2D eigenvalue weighted by molar-refractivity contribution is -0.384. The fourth-order valence-electron chi connectivity index (χ4n) is 1.92. The first kappa shape index (κ1) is 18.0. The van der Waals surface area contributed by atoms with E-state index < -0.39 is 20.6 Å². The minimum Gasteiger partial charge on any atom is -0.493 e. The summed E-state index contributed by atoms with van der Waals surface area (Å²) in [6.07, 6.45) is 0.745. The molecule has 0 radical (unpaired) electrons. The highest BCUT2D eigenvalue weighted by molar-refractivity contribution is 7.92. The molecule has 0 aliphatic carbocycles. The van der Waals surface area contributed by atoms with E-state index in [0.29, 0.717) is 12.4 Å². The van der Waals surface area contributed by atoms with Gasteiger partial charge < -0.3 is 4.74 Å². The van der Waals surface area contributed by atoms with Crippen LogP contribution < -0.4 is 9.46 Å². The van der Waals surface area contributed by atoms with Gasteiger partial charge in [0.05, 0.1) is 22.6 Å². The van der Waals surface area contributed by atoms with Crippen molar-refractivity contribution in [1.29, 1.82) is 0 Å². The molecule has 0 amide bonds. The van der Waals surface area contributed by atoms with Crippen molar-refractivity contribution in [3.63, 3.8) is 0 Å². The number of benzene rings is 2. The molecular weight excluding hydrogens is 356 g/mol. The van der Waals surface area contributed by atoms with Crippen molar-refractivity contribution in [3.8, 4) is 5.75 Å². The van der Waals surface area contributed by atoms with Crippen LogP contribution >= 0.6 is 11.6 Å². The molecule has 0 aromatic heterocycles. The second-order valence-electron chi connectivity index (χ2n) is 4.82. The van der Waals surface area contributed by atoms with Crippen LogP contribution in [0.15, 0.2) is 47.4 Å². The number of hydrogen-bond acceptors (Lipinski definition) is 5. The molecule has 0 saturated heterocycles. The smallest absolute Gasteiger partial charge is 0.297 e. The molecule has 24 heavy (non-hydrogen) atoms. The Morgan fingerprint density at radius 2 is 1.96 bits per heavy atom. The topological polar surface area (TPSA) is 98.5 Å². The van der Waals surface area contributed by atoms with E-state index in [0.717, 1.165) is 6.42 Å². The molecule has 0 saturated carbocycles. The molecule has 1 N–H and O–H groups in total. The maximum atomic E-state index is 12.4. The maximum absolute atomic E-state index is 12.4. The van der Waals surface area contributed by atoms with Crippen molar-refractivity contribution in [2.75, 3.05) is 11.3 Å². The van der Waals surface area contributed by atoms with Gasteiger partial charge in [0.15, 0.2) is 0 Å². The number of nitrogens with zero attached hydrogens (tertiary/aromatic N) is 1. The first-order valence-electron chi connectivity index (χ1n) is 7.03. The van der Waals surface area contributed by atoms with Crippen LogP contribution in [-0.4, -0.2) is 19.9 Å². The lowest BCUT2D eigenvalue weighted by Gasteiger charge is -2.11. The molecule has 0 aliphatic heterocycles. The second-order valence-corrected chi connectivity index (χ2v) is 6.88. The number of nitro groups is 1. The Hall–Kier alpha value is -2.32. The SMILES string of the molecule is CCCOc1ccc(NS(=O)(=O)c2ccccc2Cl)c([N+](=O)[O-])c1. The fraction of sp³-hybridized carbons (Fsp3) is 0.200. The van der Waals surface area contributed by atoms with Crippen LogP contribution in [0.1, 0.15) is 13.3 Å². The molecule has 2 aromatic carbocycles. The average Bonchev–Trinajstić information content (AvgIpc) is 2.53. The molecule has 0 bridgehead atoms. The van der Waals surface area contributed by atoms with Crippen molar-refractivity contribution in [1.82, 2.24) is 0 Å². The summed E-state index contributed by atoms with van der Waals surface area (Å²) in [4.78, 5) is 10.4. The van der Waals surface area contributed by atoms with Crippen LogP contribution in [0, 0.1) is 10.1 Å². The molecule has 0 fully saturated rings. The normalized spacial score (nSPS) is 11.1. The molecule has 7 nitrogen and oxygen atoms in total. The van der Waals surface area contributed by atoms with Gasteiger partial charge in [-0.2, -0.15) is 0 Å². The summed E-state index contributed by atoms with van der Waals surface area (Å²) in [5.74, 6) is 0.296. The quantitative estimate of drug-likeness (QED) is 0.589. The van der Waals surface area contributed by atoms with Gasteiger partial charge in [-0.25, -0.2) is 8.42 Å². The Morgan fingerprint density at radius 3 is 2.58 bits per heavy atom. The molecule has 0 atom stereocenters. The monoisotopic (exact) mass is 370 g/mol. The number of ether oxygens (including phenoxy) is 1. The van der Waals surface area contributed by atoms with Gasteiger partial charge >= 0.3 is 0 Å². The van der Waals surface area contributed by atoms with Crippen molar-refractivity contribution < 1.29 is 18.1 Å². The molecule has 2 aromatic rings. The van der Waals surface area contributed by atoms with Gasteiger partial charge in [-0.05, 0) is 30.7 Å². The summed E-state index contributed by atoms with van der Waals surface area (Å²) in [5.41, 5.74) is -0.567. The summed E-state index contributed by atoms with van der Waals surface area (Å²) in [7, 11) is -4.06. The second kappa shape index (κ2) is 7.50. The van der Waals surface area contributed by atoms with E-state index in [9.17, 15) is 18.5 Å². The molecular formula is C15H15ClN2O5S. The highest BCUT2D eigenvalue weighted by atomic mass is 35.5. The van der Waals surface area contributed by atoms with Crippen LogP contribution in [0.4, 0.5) is 11.4 Å². The average molecular weight is 371 g/mol. The van der Waals surface area contributed by atoms with Gasteiger partial charge in [-0.15, -0.1) is 0 Å². The molecule has 0 unspecified atom stereocenters. The van der Waals surface area contributed by atoms with E-state index in [1.807, 2.05) is 6.92 Å². The minimum atomic E-state index is -4.06. The van der Waals surface area contributed by atoms with Gasteiger partial charge in [-0.1, -0.05) is 30.7 Å². The first-order chi connectivity index (χ1) is 11.3. The van der Waals surface area contributed by atoms with Crippen molar-refractivity contribution >= 4 is 33.0 Å². The van der Waals surface area contributed by atoms with Crippen LogP contribution in [-0.2, 0) is 10.0 Å². The number of nitro benzene ring substituents is 1. The summed E-state index contributed by atoms with van der Waals surface area (Å²) < 4.78 is 32.3. The molecule has 2 rings (SSSR count). The van der Waals surface area contributed by atoms with Crippen molar-refractivity contribution in [3.05, 3.63) is 57.6 Å². The Balaban J connectivity index is 2.38. The largest absolute Gasteiger partial charge is 0.493 e. The van der Waals surface area contributed by atoms with Gasteiger partial charge in [-0.3, -0.25) is 14.8 Å². The van der Waals surface area contributed by atoms with E-state index >= 15 is 0 Å². The lowest BCUT2D eigenvalue weighted by Crippen LogP contribution is -2.14. The minimum absolute atomic E-state index is 0.0237. The van der Waals surface area contributed by atoms with Gasteiger partial charge in [0.2, 0.25) is 0 Å². The standard InChI is InChI=1S/C15H15ClN2O5S/c1-2-9-23-11-7-8-13(14(10-11)18(19)20)17-24(21,22)15-6-4-3-5-12(15)16/h3-8,10,17H,2,9H2,1H3. The Bertz CT molecular complexity index is 855. The molecule has 0 spiro atoms. The number of nitrogens with one attached hydrogen (secondary N) is 1. The number of anilines is 1. The van der Waals surface area contributed by atoms with Crippen molar-refractivity contribution in [2.45, 2.75) is 18.2 Å². The highest BCUT2D eigenvalue weighted by Gasteiger charge is 2.23. The third kappa shape index (κ3) is 4.15. The zero-order valence-electron chi connectivity index (χ0n) is 12.7. The van der Waals surface area contributed by atoms with Gasteiger partial charge in [0.1, 0.15) is 16.3 Å². The first-order valence-corrected chi connectivity index (χ1v) is 8.90. The predicted octanol–water partition coefficient (Wildman–Crippen LogP) is 3.84. The van der Waals surface area contributed by atoms with Gasteiger partial charge in [0, 0.05) is 0 Å². The molecule has 128 valence electrons. The number of sulfonamides is 1. The fourth-order valence-corrected chi connectivity index (χ4v) is 3.52. The van der Waals surface area contributed by atoms with Crippen LogP contribution in [0.5, 0.6) is 5.75 Å². The Kier molecular flexibility index (Phi) is 5.63.